The Balaban J connectivity index is 2.08. The van der Waals surface area contributed by atoms with Gasteiger partial charge in [-0.15, -0.1) is 0 Å². The number of hydrogen-bond acceptors (Lipinski definition) is 5. The van der Waals surface area contributed by atoms with E-state index in [9.17, 15) is 15.2 Å². The fraction of sp³-hybridized carbons (Fsp3) is 0.455. The van der Waals surface area contributed by atoms with Gasteiger partial charge in [0.1, 0.15) is 5.75 Å². The van der Waals surface area contributed by atoms with Gasteiger partial charge in [-0.1, -0.05) is 0 Å². The predicted octanol–water partition coefficient (Wildman–Crippen LogP) is 0.706. The molecule has 1 aliphatic rings. The number of hydrogen-bond donors (Lipinski definition) is 2. The van der Waals surface area contributed by atoms with Crippen molar-refractivity contribution in [1.82, 2.24) is 10.2 Å². The third kappa shape index (κ3) is 2.92. The minimum atomic E-state index is -0.506. The Hall–Kier alpha value is -1.66. The topological polar surface area (TPSA) is 78.6 Å². The number of non-ortho nitro benzene ring substituents is 1. The Morgan fingerprint density at radius 3 is 2.71 bits per heavy atom. The van der Waals surface area contributed by atoms with E-state index in [0.29, 0.717) is 6.54 Å². The highest BCUT2D eigenvalue weighted by atomic mass is 16.6. The average molecular weight is 237 g/mol. The van der Waals surface area contributed by atoms with Gasteiger partial charge in [0.05, 0.1) is 11.0 Å². The molecular weight excluding hydrogens is 222 g/mol. The normalized spacial score (nSPS) is 16.9. The molecular formula is C11H15N3O3. The van der Waals surface area contributed by atoms with Crippen LogP contribution in [0, 0.1) is 10.1 Å². The number of nitrogens with zero attached hydrogens (tertiary/aromatic N) is 2. The molecule has 1 aliphatic heterocycles. The van der Waals surface area contributed by atoms with E-state index in [-0.39, 0.29) is 11.4 Å². The number of aromatic hydroxyl groups is 1. The predicted molar refractivity (Wildman–Crippen MR) is 62.9 cm³/mol. The van der Waals surface area contributed by atoms with Crippen LogP contribution < -0.4 is 5.32 Å². The van der Waals surface area contributed by atoms with Gasteiger partial charge in [-0.05, 0) is 6.07 Å². The maximum atomic E-state index is 10.5. The van der Waals surface area contributed by atoms with Crippen molar-refractivity contribution in [3.63, 3.8) is 0 Å². The lowest BCUT2D eigenvalue weighted by Gasteiger charge is -2.27. The molecule has 0 aromatic heterocycles. The standard InChI is InChI=1S/C11H15N3O3/c15-11-7-10(14(16)17)2-1-9(11)8-13-5-3-12-4-6-13/h1-2,7,12,15H,3-6,8H2. The fourth-order valence-corrected chi connectivity index (χ4v) is 1.91. The van der Waals surface area contributed by atoms with Gasteiger partial charge in [-0.2, -0.15) is 0 Å². The molecule has 0 amide bonds. The third-order valence-electron chi connectivity index (χ3n) is 2.88. The first-order valence-corrected chi connectivity index (χ1v) is 5.56. The SMILES string of the molecule is O=[N+]([O-])c1ccc(CN2CCNCC2)c(O)c1. The Bertz CT molecular complexity index is 416. The molecule has 0 atom stereocenters. The Morgan fingerprint density at radius 1 is 1.41 bits per heavy atom. The van der Waals surface area contributed by atoms with Crippen LogP contribution in [0.4, 0.5) is 5.69 Å². The molecule has 92 valence electrons. The molecule has 1 fully saturated rings. The van der Waals surface area contributed by atoms with Crippen molar-refractivity contribution >= 4 is 5.69 Å². The van der Waals surface area contributed by atoms with Crippen LogP contribution in [0.2, 0.25) is 0 Å². The Morgan fingerprint density at radius 2 is 2.12 bits per heavy atom. The lowest BCUT2D eigenvalue weighted by atomic mass is 10.1. The molecule has 1 aromatic carbocycles. The first-order valence-electron chi connectivity index (χ1n) is 5.56. The van der Waals surface area contributed by atoms with Gasteiger partial charge < -0.3 is 10.4 Å². The molecule has 17 heavy (non-hydrogen) atoms. The van der Waals surface area contributed by atoms with Crippen molar-refractivity contribution in [3.8, 4) is 5.75 Å². The highest BCUT2D eigenvalue weighted by Crippen LogP contribution is 2.24. The van der Waals surface area contributed by atoms with Gasteiger partial charge in [-0.25, -0.2) is 0 Å². The van der Waals surface area contributed by atoms with Crippen LogP contribution in [-0.2, 0) is 6.54 Å². The summed E-state index contributed by atoms with van der Waals surface area (Å²) in [6.07, 6.45) is 0. The van der Waals surface area contributed by atoms with Gasteiger partial charge in [0.15, 0.2) is 0 Å². The Labute approximate surface area is 99.0 Å². The summed E-state index contributed by atoms with van der Waals surface area (Å²) in [5, 5.41) is 23.5. The molecule has 2 N–H and O–H groups in total. The second-order valence-electron chi connectivity index (χ2n) is 4.10. The monoisotopic (exact) mass is 237 g/mol. The number of piperazine rings is 1. The summed E-state index contributed by atoms with van der Waals surface area (Å²) >= 11 is 0. The maximum Gasteiger partial charge on any atom is 0.273 e. The summed E-state index contributed by atoms with van der Waals surface area (Å²) in [6.45, 7) is 4.36. The van der Waals surface area contributed by atoms with E-state index in [4.69, 9.17) is 0 Å². The largest absolute Gasteiger partial charge is 0.507 e. The van der Waals surface area contributed by atoms with Crippen molar-refractivity contribution in [2.45, 2.75) is 6.54 Å². The second kappa shape index (κ2) is 5.11. The van der Waals surface area contributed by atoms with E-state index >= 15 is 0 Å². The van der Waals surface area contributed by atoms with E-state index in [0.717, 1.165) is 31.7 Å². The quantitative estimate of drug-likeness (QED) is 0.597. The lowest BCUT2D eigenvalue weighted by Crippen LogP contribution is -2.42. The van der Waals surface area contributed by atoms with E-state index in [1.54, 1.807) is 6.07 Å². The summed E-state index contributed by atoms with van der Waals surface area (Å²) < 4.78 is 0. The molecule has 6 heteroatoms. The first-order chi connectivity index (χ1) is 8.16. The van der Waals surface area contributed by atoms with E-state index in [2.05, 4.69) is 10.2 Å². The van der Waals surface area contributed by atoms with E-state index in [1.807, 2.05) is 0 Å². The summed E-state index contributed by atoms with van der Waals surface area (Å²) in [6, 6.07) is 4.25. The summed E-state index contributed by atoms with van der Waals surface area (Å²) in [5.74, 6) is -0.00210. The minimum Gasteiger partial charge on any atom is -0.507 e. The van der Waals surface area contributed by atoms with E-state index in [1.165, 1.54) is 12.1 Å². The summed E-state index contributed by atoms with van der Waals surface area (Å²) in [4.78, 5) is 12.2. The average Bonchev–Trinajstić information content (AvgIpc) is 2.33. The number of rotatable bonds is 3. The van der Waals surface area contributed by atoms with Crippen molar-refractivity contribution in [2.24, 2.45) is 0 Å². The first kappa shape index (κ1) is 11.8. The summed E-state index contributed by atoms with van der Waals surface area (Å²) in [5.41, 5.74) is 0.657. The number of nitrogens with one attached hydrogen (secondary N) is 1. The van der Waals surface area contributed by atoms with Crippen molar-refractivity contribution in [2.75, 3.05) is 26.2 Å². The molecule has 0 saturated carbocycles. The van der Waals surface area contributed by atoms with E-state index < -0.39 is 4.92 Å². The smallest absolute Gasteiger partial charge is 0.273 e. The number of benzene rings is 1. The molecule has 1 saturated heterocycles. The van der Waals surface area contributed by atoms with Gasteiger partial charge in [0.25, 0.3) is 5.69 Å². The zero-order chi connectivity index (χ0) is 12.3. The number of phenols is 1. The minimum absolute atomic E-state index is 0.00210. The van der Waals surface area contributed by atoms with Crippen LogP contribution in [-0.4, -0.2) is 41.1 Å². The Kier molecular flexibility index (Phi) is 3.55. The number of phenolic OH excluding ortho intramolecular Hbond substituents is 1. The number of nitro groups is 1. The van der Waals surface area contributed by atoms with Crippen LogP contribution in [0.25, 0.3) is 0 Å². The molecule has 1 aromatic rings. The van der Waals surface area contributed by atoms with Crippen molar-refractivity contribution in [1.29, 1.82) is 0 Å². The van der Waals surface area contributed by atoms with Gasteiger partial charge in [0.2, 0.25) is 0 Å². The molecule has 0 unspecified atom stereocenters. The van der Waals surface area contributed by atoms with Gasteiger partial charge in [-0.3, -0.25) is 15.0 Å². The lowest BCUT2D eigenvalue weighted by molar-refractivity contribution is -0.384. The van der Waals surface area contributed by atoms with Crippen LogP contribution in [0.5, 0.6) is 5.75 Å². The highest BCUT2D eigenvalue weighted by Gasteiger charge is 2.14. The second-order valence-corrected chi connectivity index (χ2v) is 4.10. The molecule has 1 heterocycles. The van der Waals surface area contributed by atoms with Crippen molar-refractivity contribution in [3.05, 3.63) is 33.9 Å². The fourth-order valence-electron chi connectivity index (χ4n) is 1.91. The molecule has 0 radical (unpaired) electrons. The third-order valence-corrected chi connectivity index (χ3v) is 2.88. The number of nitro benzene ring substituents is 1. The molecule has 0 aliphatic carbocycles. The van der Waals surface area contributed by atoms with Crippen molar-refractivity contribution < 1.29 is 10.0 Å². The van der Waals surface area contributed by atoms with Gasteiger partial charge in [0, 0.05) is 44.4 Å². The van der Waals surface area contributed by atoms with Crippen LogP contribution in [0.15, 0.2) is 18.2 Å². The molecule has 6 nitrogen and oxygen atoms in total. The molecule has 0 bridgehead atoms. The zero-order valence-electron chi connectivity index (χ0n) is 9.43. The van der Waals surface area contributed by atoms with Gasteiger partial charge >= 0.3 is 0 Å². The molecule has 0 spiro atoms. The maximum absolute atomic E-state index is 10.5. The molecule has 2 rings (SSSR count). The summed E-state index contributed by atoms with van der Waals surface area (Å²) in [7, 11) is 0. The van der Waals surface area contributed by atoms with Crippen LogP contribution >= 0.6 is 0 Å². The highest BCUT2D eigenvalue weighted by molar-refractivity contribution is 5.43. The van der Waals surface area contributed by atoms with Crippen LogP contribution in [0.3, 0.4) is 0 Å². The van der Waals surface area contributed by atoms with Crippen LogP contribution in [0.1, 0.15) is 5.56 Å². The zero-order valence-corrected chi connectivity index (χ0v) is 9.43.